The van der Waals surface area contributed by atoms with Crippen molar-refractivity contribution in [1.29, 1.82) is 0 Å². The van der Waals surface area contributed by atoms with Gasteiger partial charge in [0.15, 0.2) is 0 Å². The topological polar surface area (TPSA) is 60.9 Å². The van der Waals surface area contributed by atoms with Crippen LogP contribution in [0, 0.1) is 0 Å². The van der Waals surface area contributed by atoms with Gasteiger partial charge in [0, 0.05) is 26.6 Å². The number of aliphatic hydroxyl groups is 1. The maximum absolute atomic E-state index is 13.0. The van der Waals surface area contributed by atoms with Crippen molar-refractivity contribution in [2.45, 2.75) is 51.8 Å². The molecular weight excluding hydrogens is 292 g/mol. The second-order valence-corrected chi connectivity index (χ2v) is 6.86. The zero-order valence-electron chi connectivity index (χ0n) is 14.2. The van der Waals surface area contributed by atoms with Gasteiger partial charge in [-0.1, -0.05) is 30.3 Å². The molecule has 0 saturated carbocycles. The van der Waals surface area contributed by atoms with Crippen LogP contribution in [0.5, 0.6) is 0 Å². The minimum atomic E-state index is -0.982. The van der Waals surface area contributed by atoms with Gasteiger partial charge < -0.3 is 14.9 Å². The van der Waals surface area contributed by atoms with E-state index in [-0.39, 0.29) is 18.4 Å². The molecule has 1 N–H and O–H groups in total. The van der Waals surface area contributed by atoms with Crippen LogP contribution in [0.3, 0.4) is 0 Å². The smallest absolute Gasteiger partial charge is 0.245 e. The Hall–Kier alpha value is -1.88. The van der Waals surface area contributed by atoms with E-state index in [1.165, 1.54) is 6.92 Å². The quantitative estimate of drug-likeness (QED) is 0.900. The second kappa shape index (κ2) is 7.13. The molecule has 0 spiro atoms. The van der Waals surface area contributed by atoms with Crippen LogP contribution >= 0.6 is 0 Å². The van der Waals surface area contributed by atoms with Gasteiger partial charge in [-0.25, -0.2) is 0 Å². The van der Waals surface area contributed by atoms with Gasteiger partial charge in [-0.2, -0.15) is 0 Å². The summed E-state index contributed by atoms with van der Waals surface area (Å²) in [6.45, 7) is 6.19. The Morgan fingerprint density at radius 2 is 1.96 bits per heavy atom. The predicted octanol–water partition coefficient (Wildman–Crippen LogP) is 1.80. The molecular formula is C18H26N2O3. The summed E-state index contributed by atoms with van der Waals surface area (Å²) in [6, 6.07) is 9.31. The van der Waals surface area contributed by atoms with Crippen LogP contribution in [0.25, 0.3) is 0 Å². The van der Waals surface area contributed by atoms with Crippen molar-refractivity contribution in [2.24, 2.45) is 0 Å². The zero-order valence-corrected chi connectivity index (χ0v) is 14.2. The van der Waals surface area contributed by atoms with Crippen molar-refractivity contribution >= 4 is 11.8 Å². The number of carbonyl (C=O) groups excluding carboxylic acids is 2. The first kappa shape index (κ1) is 17.5. The van der Waals surface area contributed by atoms with Crippen LogP contribution in [0.2, 0.25) is 0 Å². The zero-order chi connectivity index (χ0) is 17.0. The first-order chi connectivity index (χ1) is 10.8. The molecule has 1 aromatic rings. The Bertz CT molecular complexity index is 551. The Labute approximate surface area is 137 Å². The number of hydrogen-bond acceptors (Lipinski definition) is 3. The molecule has 1 aromatic carbocycles. The fraction of sp³-hybridized carbons (Fsp3) is 0.556. The average molecular weight is 318 g/mol. The number of likely N-dealkylation sites (tertiary alicyclic amines) is 1. The van der Waals surface area contributed by atoms with Gasteiger partial charge in [0.2, 0.25) is 11.8 Å². The van der Waals surface area contributed by atoms with Crippen molar-refractivity contribution in [2.75, 3.05) is 13.1 Å². The largest absolute Gasteiger partial charge is 0.389 e. The first-order valence-electron chi connectivity index (χ1n) is 8.10. The van der Waals surface area contributed by atoms with Crippen LogP contribution in [0.1, 0.15) is 39.2 Å². The van der Waals surface area contributed by atoms with E-state index in [9.17, 15) is 14.7 Å². The number of amides is 2. The molecule has 0 aliphatic carbocycles. The van der Waals surface area contributed by atoms with E-state index in [1.54, 1.807) is 23.6 Å². The summed E-state index contributed by atoms with van der Waals surface area (Å²) in [5.41, 5.74) is 0.0295. The van der Waals surface area contributed by atoms with Crippen molar-refractivity contribution in [3.63, 3.8) is 0 Å². The van der Waals surface area contributed by atoms with Crippen molar-refractivity contribution in [3.05, 3.63) is 35.9 Å². The van der Waals surface area contributed by atoms with Crippen molar-refractivity contribution in [3.8, 4) is 0 Å². The third kappa shape index (κ3) is 4.79. The molecule has 23 heavy (non-hydrogen) atoms. The molecule has 5 heteroatoms. The molecule has 0 bridgehead atoms. The molecule has 1 aliphatic rings. The van der Waals surface area contributed by atoms with E-state index < -0.39 is 11.6 Å². The highest BCUT2D eigenvalue weighted by atomic mass is 16.3. The Kier molecular flexibility index (Phi) is 5.42. The molecule has 0 aromatic heterocycles. The van der Waals surface area contributed by atoms with Crippen LogP contribution in [-0.2, 0) is 16.1 Å². The molecule has 1 saturated heterocycles. The summed E-state index contributed by atoms with van der Waals surface area (Å²) in [6.07, 6.45) is 1.53. The molecule has 0 radical (unpaired) electrons. The molecule has 1 aliphatic heterocycles. The second-order valence-electron chi connectivity index (χ2n) is 6.86. The van der Waals surface area contributed by atoms with Crippen LogP contribution in [-0.4, -0.2) is 51.5 Å². The average Bonchev–Trinajstić information content (AvgIpc) is 2.95. The number of carbonyl (C=O) groups is 2. The highest BCUT2D eigenvalue weighted by Crippen LogP contribution is 2.21. The van der Waals surface area contributed by atoms with Gasteiger partial charge in [-0.05, 0) is 32.3 Å². The summed E-state index contributed by atoms with van der Waals surface area (Å²) in [5.74, 6) is -0.146. The van der Waals surface area contributed by atoms with E-state index in [1.807, 2.05) is 30.3 Å². The van der Waals surface area contributed by atoms with Crippen LogP contribution < -0.4 is 0 Å². The Balaban J connectivity index is 2.18. The fourth-order valence-electron chi connectivity index (χ4n) is 3.09. The number of nitrogens with zero attached hydrogens (tertiary/aromatic N) is 2. The lowest BCUT2D eigenvalue weighted by Crippen LogP contribution is -2.50. The summed E-state index contributed by atoms with van der Waals surface area (Å²) >= 11 is 0. The fourth-order valence-corrected chi connectivity index (χ4v) is 3.09. The summed E-state index contributed by atoms with van der Waals surface area (Å²) in [5, 5.41) is 10.2. The number of rotatable bonds is 5. The van der Waals surface area contributed by atoms with E-state index >= 15 is 0 Å². The molecule has 1 fully saturated rings. The van der Waals surface area contributed by atoms with E-state index in [0.29, 0.717) is 19.5 Å². The van der Waals surface area contributed by atoms with E-state index in [0.717, 1.165) is 12.0 Å². The van der Waals surface area contributed by atoms with E-state index in [4.69, 9.17) is 0 Å². The maximum atomic E-state index is 13.0. The highest BCUT2D eigenvalue weighted by Gasteiger charge is 2.36. The minimum Gasteiger partial charge on any atom is -0.389 e. The highest BCUT2D eigenvalue weighted by molar-refractivity contribution is 5.87. The lowest BCUT2D eigenvalue weighted by Gasteiger charge is -2.33. The number of benzene rings is 1. The third-order valence-electron chi connectivity index (χ3n) is 4.05. The monoisotopic (exact) mass is 318 g/mol. The molecule has 5 nitrogen and oxygen atoms in total. The summed E-state index contributed by atoms with van der Waals surface area (Å²) in [7, 11) is 0. The van der Waals surface area contributed by atoms with Crippen molar-refractivity contribution < 1.29 is 14.7 Å². The van der Waals surface area contributed by atoms with Gasteiger partial charge >= 0.3 is 0 Å². The van der Waals surface area contributed by atoms with E-state index in [2.05, 4.69) is 0 Å². The molecule has 2 amide bonds. The van der Waals surface area contributed by atoms with Crippen molar-refractivity contribution in [1.82, 2.24) is 9.80 Å². The summed E-state index contributed by atoms with van der Waals surface area (Å²) < 4.78 is 0. The SMILES string of the molecule is CC(=O)N1CCCC1C(=O)N(Cc1ccccc1)CC(C)(C)O. The molecule has 126 valence electrons. The minimum absolute atomic E-state index is 0.0660. The van der Waals surface area contributed by atoms with Crippen LogP contribution in [0.4, 0.5) is 0 Å². The summed E-state index contributed by atoms with van der Waals surface area (Å²) in [4.78, 5) is 28.0. The predicted molar refractivity (Wildman–Crippen MR) is 88.6 cm³/mol. The normalized spacial score (nSPS) is 18.1. The van der Waals surface area contributed by atoms with Gasteiger partial charge in [-0.3, -0.25) is 9.59 Å². The van der Waals surface area contributed by atoms with Gasteiger partial charge in [0.25, 0.3) is 0 Å². The lowest BCUT2D eigenvalue weighted by molar-refractivity contribution is -0.145. The first-order valence-corrected chi connectivity index (χ1v) is 8.10. The molecule has 1 atom stereocenters. The molecule has 2 rings (SSSR count). The maximum Gasteiger partial charge on any atom is 0.245 e. The lowest BCUT2D eigenvalue weighted by atomic mass is 10.1. The molecule has 1 unspecified atom stereocenters. The van der Waals surface area contributed by atoms with Gasteiger partial charge in [-0.15, -0.1) is 0 Å². The number of hydrogen-bond donors (Lipinski definition) is 1. The van der Waals surface area contributed by atoms with Gasteiger partial charge in [0.05, 0.1) is 5.60 Å². The Morgan fingerprint density at radius 1 is 1.30 bits per heavy atom. The third-order valence-corrected chi connectivity index (χ3v) is 4.05. The Morgan fingerprint density at radius 3 is 2.52 bits per heavy atom. The van der Waals surface area contributed by atoms with Crippen LogP contribution in [0.15, 0.2) is 30.3 Å². The molecule has 1 heterocycles. The standard InChI is InChI=1S/C18H26N2O3/c1-14(21)20-11-7-10-16(20)17(22)19(13-18(2,3)23)12-15-8-5-4-6-9-15/h4-6,8-9,16,23H,7,10-13H2,1-3H3. The van der Waals surface area contributed by atoms with Gasteiger partial charge in [0.1, 0.15) is 6.04 Å².